The van der Waals surface area contributed by atoms with Crippen LogP contribution in [0.25, 0.3) is 17.1 Å². The summed E-state index contributed by atoms with van der Waals surface area (Å²) in [5, 5.41) is 2.92. The van der Waals surface area contributed by atoms with Crippen molar-refractivity contribution in [1.82, 2.24) is 14.9 Å². The second-order valence-corrected chi connectivity index (χ2v) is 7.52. The number of rotatable bonds is 10. The van der Waals surface area contributed by atoms with Crippen LogP contribution in [-0.2, 0) is 11.3 Å². The number of hydrogen-bond acceptors (Lipinski definition) is 4. The first-order valence-electron chi connectivity index (χ1n) is 10.2. The average Bonchev–Trinajstić information content (AvgIpc) is 3.17. The number of amides is 1. The van der Waals surface area contributed by atoms with Crippen molar-refractivity contribution in [3.05, 3.63) is 60.4 Å². The topological polar surface area (TPSA) is 65.4 Å². The molecule has 1 N–H and O–H groups in total. The van der Waals surface area contributed by atoms with Gasteiger partial charge in [0.1, 0.15) is 0 Å². The number of para-hydroxylation sites is 2. The Balaban J connectivity index is 1.47. The van der Waals surface area contributed by atoms with E-state index in [2.05, 4.69) is 34.8 Å². The van der Waals surface area contributed by atoms with Gasteiger partial charge in [-0.3, -0.25) is 4.79 Å². The molecule has 158 valence electrons. The number of ether oxygens (including phenoxy) is 2. The minimum absolute atomic E-state index is 0.121. The maximum atomic E-state index is 12.1. The van der Waals surface area contributed by atoms with Crippen molar-refractivity contribution in [3.8, 4) is 11.5 Å². The number of methoxy groups -OCH3 is 1. The number of hydrogen-bond donors (Lipinski definition) is 1. The second kappa shape index (κ2) is 10.5. The average molecular weight is 408 g/mol. The van der Waals surface area contributed by atoms with Gasteiger partial charge in [0.15, 0.2) is 11.5 Å². The smallest absolute Gasteiger partial charge is 0.244 e. The van der Waals surface area contributed by atoms with E-state index in [1.54, 1.807) is 13.2 Å². The minimum Gasteiger partial charge on any atom is -0.493 e. The molecule has 0 aliphatic heterocycles. The molecule has 2 aromatic carbocycles. The predicted molar refractivity (Wildman–Crippen MR) is 120 cm³/mol. The summed E-state index contributed by atoms with van der Waals surface area (Å²) in [4.78, 5) is 16.5. The number of imidazole rings is 1. The summed E-state index contributed by atoms with van der Waals surface area (Å²) in [5.41, 5.74) is 2.97. The molecular weight excluding hydrogens is 378 g/mol. The Morgan fingerprint density at radius 3 is 2.83 bits per heavy atom. The van der Waals surface area contributed by atoms with E-state index in [4.69, 9.17) is 9.47 Å². The molecule has 0 bridgehead atoms. The van der Waals surface area contributed by atoms with Crippen LogP contribution in [0.4, 0.5) is 0 Å². The summed E-state index contributed by atoms with van der Waals surface area (Å²) < 4.78 is 13.3. The molecule has 6 heteroatoms. The number of nitrogens with zero attached hydrogens (tertiary/aromatic N) is 2. The lowest BCUT2D eigenvalue weighted by Crippen LogP contribution is -2.23. The van der Waals surface area contributed by atoms with Gasteiger partial charge in [-0.25, -0.2) is 4.98 Å². The molecule has 1 amide bonds. The van der Waals surface area contributed by atoms with Crippen molar-refractivity contribution in [2.24, 2.45) is 5.92 Å². The SMILES string of the molecule is COc1cc(/C=C/C(=O)NCCCn2cnc3ccccc32)ccc1OCC(C)C. The predicted octanol–water partition coefficient (Wildman–Crippen LogP) is 4.30. The number of carbonyl (C=O) groups is 1. The molecule has 0 aliphatic carbocycles. The Morgan fingerprint density at radius 1 is 1.20 bits per heavy atom. The highest BCUT2D eigenvalue weighted by Gasteiger charge is 2.06. The summed E-state index contributed by atoms with van der Waals surface area (Å²) in [5.74, 6) is 1.68. The number of nitrogens with one attached hydrogen (secondary N) is 1. The van der Waals surface area contributed by atoms with Crippen molar-refractivity contribution in [1.29, 1.82) is 0 Å². The van der Waals surface area contributed by atoms with Crippen molar-refractivity contribution < 1.29 is 14.3 Å². The Morgan fingerprint density at radius 2 is 2.03 bits per heavy atom. The van der Waals surface area contributed by atoms with E-state index in [-0.39, 0.29) is 5.91 Å². The van der Waals surface area contributed by atoms with Gasteiger partial charge in [-0.2, -0.15) is 0 Å². The van der Waals surface area contributed by atoms with Gasteiger partial charge in [0.2, 0.25) is 5.91 Å². The molecule has 30 heavy (non-hydrogen) atoms. The molecule has 0 saturated carbocycles. The van der Waals surface area contributed by atoms with Crippen LogP contribution < -0.4 is 14.8 Å². The Labute approximate surface area is 177 Å². The molecule has 6 nitrogen and oxygen atoms in total. The molecule has 0 saturated heterocycles. The van der Waals surface area contributed by atoms with Crippen molar-refractivity contribution in [3.63, 3.8) is 0 Å². The maximum absolute atomic E-state index is 12.1. The molecule has 0 aliphatic rings. The van der Waals surface area contributed by atoms with Crippen LogP contribution in [-0.4, -0.2) is 35.7 Å². The molecule has 3 rings (SSSR count). The summed E-state index contributed by atoms with van der Waals surface area (Å²) in [6.07, 6.45) is 5.98. The van der Waals surface area contributed by atoms with Crippen molar-refractivity contribution in [2.45, 2.75) is 26.8 Å². The fraction of sp³-hybridized carbons (Fsp3) is 0.333. The zero-order valence-electron chi connectivity index (χ0n) is 17.8. The number of aryl methyl sites for hydroxylation is 1. The zero-order valence-corrected chi connectivity index (χ0v) is 17.8. The van der Waals surface area contributed by atoms with Crippen LogP contribution in [0.1, 0.15) is 25.8 Å². The molecular formula is C24H29N3O3. The molecule has 0 radical (unpaired) electrons. The fourth-order valence-electron chi connectivity index (χ4n) is 3.04. The second-order valence-electron chi connectivity index (χ2n) is 7.52. The van der Waals surface area contributed by atoms with Crippen molar-refractivity contribution >= 4 is 23.0 Å². The zero-order chi connectivity index (χ0) is 21.3. The molecule has 0 atom stereocenters. The highest BCUT2D eigenvalue weighted by Crippen LogP contribution is 2.29. The number of benzene rings is 2. The molecule has 3 aromatic rings. The standard InChI is InChI=1S/C24H29N3O3/c1-18(2)16-30-22-11-9-19(15-23(22)29-3)10-12-24(28)25-13-6-14-27-17-26-20-7-4-5-8-21(20)27/h4-5,7-12,15,17-18H,6,13-14,16H2,1-3H3,(H,25,28)/b12-10+. The summed E-state index contributed by atoms with van der Waals surface area (Å²) in [7, 11) is 1.61. The van der Waals surface area contributed by atoms with Crippen LogP contribution >= 0.6 is 0 Å². The van der Waals surface area contributed by atoms with E-state index in [9.17, 15) is 4.79 Å². The monoisotopic (exact) mass is 407 g/mol. The Bertz CT molecular complexity index is 1010. The first kappa shape index (κ1) is 21.4. The summed E-state index contributed by atoms with van der Waals surface area (Å²) in [6, 6.07) is 13.7. The molecule has 0 fully saturated rings. The van der Waals surface area contributed by atoms with E-state index >= 15 is 0 Å². The first-order valence-corrected chi connectivity index (χ1v) is 10.2. The fourth-order valence-corrected chi connectivity index (χ4v) is 3.04. The normalized spacial score (nSPS) is 11.3. The quantitative estimate of drug-likeness (QED) is 0.402. The van der Waals surface area contributed by atoms with Gasteiger partial charge in [-0.15, -0.1) is 0 Å². The van der Waals surface area contributed by atoms with Crippen LogP contribution in [0.15, 0.2) is 54.9 Å². The van der Waals surface area contributed by atoms with E-state index in [0.717, 1.165) is 29.6 Å². The summed E-state index contributed by atoms with van der Waals surface area (Å²) >= 11 is 0. The van der Waals surface area contributed by atoms with Crippen LogP contribution in [0, 0.1) is 5.92 Å². The van der Waals surface area contributed by atoms with E-state index in [1.165, 1.54) is 6.08 Å². The summed E-state index contributed by atoms with van der Waals surface area (Å²) in [6.45, 7) is 6.23. The third-order valence-electron chi connectivity index (χ3n) is 4.59. The third-order valence-corrected chi connectivity index (χ3v) is 4.59. The lowest BCUT2D eigenvalue weighted by atomic mass is 10.2. The Kier molecular flexibility index (Phi) is 7.49. The lowest BCUT2D eigenvalue weighted by Gasteiger charge is -2.12. The minimum atomic E-state index is -0.121. The van der Waals surface area contributed by atoms with Gasteiger partial charge in [0, 0.05) is 19.2 Å². The van der Waals surface area contributed by atoms with E-state index in [1.807, 2.05) is 42.7 Å². The number of fused-ring (bicyclic) bond motifs is 1. The van der Waals surface area contributed by atoms with Crippen molar-refractivity contribution in [2.75, 3.05) is 20.3 Å². The highest BCUT2D eigenvalue weighted by atomic mass is 16.5. The number of carbonyl (C=O) groups excluding carboxylic acids is 1. The van der Waals surface area contributed by atoms with Gasteiger partial charge in [0.25, 0.3) is 0 Å². The third kappa shape index (κ3) is 5.86. The van der Waals surface area contributed by atoms with Gasteiger partial charge in [-0.05, 0) is 48.2 Å². The maximum Gasteiger partial charge on any atom is 0.244 e. The molecule has 1 heterocycles. The van der Waals surface area contributed by atoms with Crippen LogP contribution in [0.3, 0.4) is 0 Å². The van der Waals surface area contributed by atoms with Gasteiger partial charge in [0.05, 0.1) is 31.1 Å². The Hall–Kier alpha value is -3.28. The highest BCUT2D eigenvalue weighted by molar-refractivity contribution is 5.91. The lowest BCUT2D eigenvalue weighted by molar-refractivity contribution is -0.116. The first-order chi connectivity index (χ1) is 14.6. The van der Waals surface area contributed by atoms with Crippen LogP contribution in [0.5, 0.6) is 11.5 Å². The molecule has 0 spiro atoms. The van der Waals surface area contributed by atoms with E-state index in [0.29, 0.717) is 30.6 Å². The van der Waals surface area contributed by atoms with Crippen LogP contribution in [0.2, 0.25) is 0 Å². The van der Waals surface area contributed by atoms with E-state index < -0.39 is 0 Å². The van der Waals surface area contributed by atoms with Gasteiger partial charge < -0.3 is 19.4 Å². The van der Waals surface area contributed by atoms with Gasteiger partial charge in [-0.1, -0.05) is 32.0 Å². The molecule has 0 unspecified atom stereocenters. The van der Waals surface area contributed by atoms with Gasteiger partial charge >= 0.3 is 0 Å². The number of aromatic nitrogens is 2. The largest absolute Gasteiger partial charge is 0.493 e. The molecule has 1 aromatic heterocycles.